The minimum atomic E-state index is -0.886. The number of carbonyl (C=O) groups excluding carboxylic acids is 2. The number of carbonyl (C=O) groups is 2. The van der Waals surface area contributed by atoms with Crippen molar-refractivity contribution in [2.75, 3.05) is 0 Å². The molecule has 26 heavy (non-hydrogen) atoms. The van der Waals surface area contributed by atoms with E-state index in [9.17, 15) is 14.8 Å². The Kier molecular flexibility index (Phi) is 5.39. The van der Waals surface area contributed by atoms with E-state index in [0.29, 0.717) is 5.06 Å². The minimum absolute atomic E-state index is 0.455. The highest BCUT2D eigenvalue weighted by atomic mass is 16.7. The summed E-state index contributed by atoms with van der Waals surface area (Å²) in [5, 5.41) is 12.0. The fraction of sp³-hybridized carbons (Fsp3) is 0.667. The van der Waals surface area contributed by atoms with E-state index in [0.717, 1.165) is 5.06 Å². The zero-order valence-electron chi connectivity index (χ0n) is 16.1. The summed E-state index contributed by atoms with van der Waals surface area (Å²) in [4.78, 5) is 30.3. The zero-order valence-corrected chi connectivity index (χ0v) is 16.1. The number of nitrogens with zero attached hydrogens (tertiary/aromatic N) is 2. The van der Waals surface area contributed by atoms with Crippen LogP contribution in [0.3, 0.4) is 0 Å². The normalized spacial score (nSPS) is 27.9. The van der Waals surface area contributed by atoms with Gasteiger partial charge in [-0.15, -0.1) is 6.58 Å². The molecule has 0 aromatic rings. The maximum absolute atomic E-state index is 12.4. The Balaban J connectivity index is 2.19. The highest BCUT2D eigenvalue weighted by Crippen LogP contribution is 2.37. The third-order valence-corrected chi connectivity index (χ3v) is 3.84. The van der Waals surface area contributed by atoms with Crippen molar-refractivity contribution in [2.24, 2.45) is 5.92 Å². The maximum Gasteiger partial charge on any atom is 0.435 e. The van der Waals surface area contributed by atoms with E-state index in [4.69, 9.17) is 14.3 Å². The Morgan fingerprint density at radius 1 is 1.15 bits per heavy atom. The number of hydrogen-bond acceptors (Lipinski definition) is 6. The molecule has 8 heteroatoms. The van der Waals surface area contributed by atoms with Gasteiger partial charge < -0.3 is 9.47 Å². The van der Waals surface area contributed by atoms with Crippen LogP contribution in [-0.4, -0.2) is 56.9 Å². The van der Waals surface area contributed by atoms with Crippen LogP contribution < -0.4 is 0 Å². The van der Waals surface area contributed by atoms with Crippen LogP contribution in [0.25, 0.3) is 0 Å². The lowest BCUT2D eigenvalue weighted by molar-refractivity contribution is -0.271. The predicted octanol–water partition coefficient (Wildman–Crippen LogP) is 3.27. The van der Waals surface area contributed by atoms with E-state index in [-0.39, 0.29) is 0 Å². The molecule has 0 unspecified atom stereocenters. The third kappa shape index (κ3) is 4.37. The van der Waals surface area contributed by atoms with Crippen LogP contribution in [0.4, 0.5) is 9.59 Å². The number of amides is 2. The second-order valence-electron chi connectivity index (χ2n) is 8.38. The fourth-order valence-electron chi connectivity index (χ4n) is 2.90. The summed E-state index contributed by atoms with van der Waals surface area (Å²) in [6.45, 7) is 14.2. The molecule has 3 aliphatic rings. The molecule has 0 saturated carbocycles. The molecule has 146 valence electrons. The van der Waals surface area contributed by atoms with Gasteiger partial charge in [0.2, 0.25) is 0 Å². The average molecular weight is 368 g/mol. The van der Waals surface area contributed by atoms with E-state index < -0.39 is 47.5 Å². The van der Waals surface area contributed by atoms with Crippen LogP contribution in [0.1, 0.15) is 41.5 Å². The van der Waals surface area contributed by atoms with Crippen molar-refractivity contribution >= 4 is 12.2 Å². The molecule has 8 nitrogen and oxygen atoms in total. The van der Waals surface area contributed by atoms with Gasteiger partial charge in [0.05, 0.1) is 6.04 Å². The molecule has 2 bridgehead atoms. The van der Waals surface area contributed by atoms with Gasteiger partial charge in [-0.3, -0.25) is 10.0 Å². The molecule has 2 amide bonds. The monoisotopic (exact) mass is 368 g/mol. The second kappa shape index (κ2) is 6.92. The van der Waals surface area contributed by atoms with Crippen LogP contribution >= 0.6 is 0 Å². The first-order valence-corrected chi connectivity index (χ1v) is 8.55. The van der Waals surface area contributed by atoms with Gasteiger partial charge in [0.1, 0.15) is 23.3 Å². The summed E-state index contributed by atoms with van der Waals surface area (Å²) in [5.41, 5.74) is -1.43. The number of ether oxygens (including phenoxy) is 2. The molecule has 1 N–H and O–H groups in total. The van der Waals surface area contributed by atoms with Crippen molar-refractivity contribution < 1.29 is 29.1 Å². The Labute approximate surface area is 153 Å². The summed E-state index contributed by atoms with van der Waals surface area (Å²) in [6, 6.07) is -1.33. The lowest BCUT2D eigenvalue weighted by atomic mass is 9.81. The van der Waals surface area contributed by atoms with Crippen molar-refractivity contribution in [1.29, 1.82) is 0 Å². The first-order valence-electron chi connectivity index (χ1n) is 8.55. The van der Waals surface area contributed by atoms with Crippen molar-refractivity contribution in [3.05, 3.63) is 24.8 Å². The smallest absolute Gasteiger partial charge is 0.435 e. The number of hydroxylamine groups is 4. The number of hydrogen-bond donors (Lipinski definition) is 1. The molecule has 3 rings (SSSR count). The van der Waals surface area contributed by atoms with Gasteiger partial charge in [-0.1, -0.05) is 18.2 Å². The topological polar surface area (TPSA) is 88.5 Å². The molecule has 0 spiro atoms. The Morgan fingerprint density at radius 3 is 2.23 bits per heavy atom. The molecule has 1 saturated heterocycles. The van der Waals surface area contributed by atoms with Crippen LogP contribution in [0.5, 0.6) is 0 Å². The largest absolute Gasteiger partial charge is 0.442 e. The van der Waals surface area contributed by atoms with E-state index in [1.807, 2.05) is 0 Å². The average Bonchev–Trinajstić information content (AvgIpc) is 2.50. The lowest BCUT2D eigenvalue weighted by Gasteiger charge is -2.50. The number of rotatable bonds is 2. The highest BCUT2D eigenvalue weighted by Gasteiger charge is 2.52. The van der Waals surface area contributed by atoms with E-state index in [1.54, 1.807) is 59.8 Å². The van der Waals surface area contributed by atoms with Crippen LogP contribution in [0.15, 0.2) is 24.8 Å². The third-order valence-electron chi connectivity index (χ3n) is 3.84. The SMILES string of the molecule is C=C[C@H]1[C@H](N(O)C(=O)OC(C)(C)C)[C@@H]2C=C[C@H]1N(C(=O)OC(C)(C)C)O2. The highest BCUT2D eigenvalue weighted by molar-refractivity contribution is 5.69. The second-order valence-corrected chi connectivity index (χ2v) is 8.38. The van der Waals surface area contributed by atoms with E-state index >= 15 is 0 Å². The molecular weight excluding hydrogens is 340 g/mol. The summed E-state index contributed by atoms with van der Waals surface area (Å²) in [6.07, 6.45) is 2.80. The molecule has 0 aromatic heterocycles. The molecule has 1 fully saturated rings. The van der Waals surface area contributed by atoms with E-state index in [1.165, 1.54) is 0 Å². The summed E-state index contributed by atoms with van der Waals surface area (Å²) < 4.78 is 10.6. The first-order chi connectivity index (χ1) is 11.8. The van der Waals surface area contributed by atoms with Crippen LogP contribution in [-0.2, 0) is 14.3 Å². The molecule has 0 aromatic carbocycles. The Bertz CT molecular complexity index is 604. The quantitative estimate of drug-likeness (QED) is 0.457. The standard InChI is InChI=1S/C18H28N2O6/c1-8-11-12-9-10-13(26-20(12)16(22)25-18(5,6)7)14(11)19(23)15(21)24-17(2,3)4/h8-14,23H,1H2,2-7H3/t11-,12-,13+,14+/m1/s1. The first kappa shape index (κ1) is 20.3. The maximum atomic E-state index is 12.4. The van der Waals surface area contributed by atoms with Gasteiger partial charge in [-0.2, -0.15) is 10.1 Å². The van der Waals surface area contributed by atoms with Crippen molar-refractivity contribution in [1.82, 2.24) is 10.1 Å². The zero-order chi connectivity index (χ0) is 19.9. The molecule has 4 atom stereocenters. The van der Waals surface area contributed by atoms with Gasteiger partial charge in [0.25, 0.3) is 0 Å². The van der Waals surface area contributed by atoms with Crippen LogP contribution in [0, 0.1) is 5.92 Å². The molecule has 2 aliphatic heterocycles. The predicted molar refractivity (Wildman–Crippen MR) is 93.2 cm³/mol. The van der Waals surface area contributed by atoms with Gasteiger partial charge in [0, 0.05) is 5.92 Å². The van der Waals surface area contributed by atoms with Gasteiger partial charge in [0.15, 0.2) is 0 Å². The van der Waals surface area contributed by atoms with E-state index in [2.05, 4.69) is 6.58 Å². The summed E-state index contributed by atoms with van der Waals surface area (Å²) in [5.74, 6) is -0.455. The molecule has 1 aliphatic carbocycles. The van der Waals surface area contributed by atoms with Crippen molar-refractivity contribution in [2.45, 2.75) is 70.9 Å². The van der Waals surface area contributed by atoms with Gasteiger partial charge in [-0.25, -0.2) is 9.59 Å². The molecule has 0 radical (unpaired) electrons. The Morgan fingerprint density at radius 2 is 1.73 bits per heavy atom. The summed E-state index contributed by atoms with van der Waals surface area (Å²) in [7, 11) is 0. The minimum Gasteiger partial charge on any atom is -0.442 e. The number of fused-ring (bicyclic) bond motifs is 2. The molecular formula is C18H28N2O6. The van der Waals surface area contributed by atoms with Crippen LogP contribution in [0.2, 0.25) is 0 Å². The van der Waals surface area contributed by atoms with Gasteiger partial charge in [-0.05, 0) is 41.5 Å². The molecule has 2 heterocycles. The fourth-order valence-corrected chi connectivity index (χ4v) is 2.90. The van der Waals surface area contributed by atoms with Crippen molar-refractivity contribution in [3.63, 3.8) is 0 Å². The lowest BCUT2D eigenvalue weighted by Crippen LogP contribution is -2.65. The summed E-state index contributed by atoms with van der Waals surface area (Å²) >= 11 is 0. The van der Waals surface area contributed by atoms with Gasteiger partial charge >= 0.3 is 12.2 Å². The Hall–Kier alpha value is -2.06. The van der Waals surface area contributed by atoms with Crippen molar-refractivity contribution in [3.8, 4) is 0 Å².